The highest BCUT2D eigenvalue weighted by Gasteiger charge is 2.69. The van der Waals surface area contributed by atoms with E-state index in [0.29, 0.717) is 34.0 Å². The van der Waals surface area contributed by atoms with Crippen molar-refractivity contribution < 1.29 is 23.9 Å². The summed E-state index contributed by atoms with van der Waals surface area (Å²) in [5.74, 6) is -2.71. The first-order valence-corrected chi connectivity index (χ1v) is 11.1. The molecule has 5 rings (SSSR count). The van der Waals surface area contributed by atoms with Gasteiger partial charge in [-0.25, -0.2) is 4.79 Å². The summed E-state index contributed by atoms with van der Waals surface area (Å²) in [7, 11) is 0. The quantitative estimate of drug-likeness (QED) is 0.495. The molecule has 9 heteroatoms. The Hall–Kier alpha value is -2.77. The summed E-state index contributed by atoms with van der Waals surface area (Å²) in [6.45, 7) is 0. The van der Waals surface area contributed by atoms with Gasteiger partial charge >= 0.3 is 18.0 Å². The normalized spacial score (nSPS) is 25.8. The van der Waals surface area contributed by atoms with Crippen molar-refractivity contribution >= 4 is 41.2 Å². The van der Waals surface area contributed by atoms with Crippen molar-refractivity contribution in [3.05, 3.63) is 69.7 Å². The van der Waals surface area contributed by atoms with Crippen LogP contribution in [0.5, 0.6) is 0 Å². The molecule has 2 heterocycles. The second-order valence-electron chi connectivity index (χ2n) is 8.35. The van der Waals surface area contributed by atoms with Gasteiger partial charge in [0.1, 0.15) is 0 Å². The Balaban J connectivity index is 1.68. The second kappa shape index (κ2) is 7.67. The molecule has 0 bridgehead atoms. The molecule has 2 saturated heterocycles. The third kappa shape index (κ3) is 3.22. The van der Waals surface area contributed by atoms with Gasteiger partial charge in [0.2, 0.25) is 5.41 Å². The van der Waals surface area contributed by atoms with Crippen LogP contribution in [0, 0.1) is 5.41 Å². The Bertz CT molecular complexity index is 1000. The van der Waals surface area contributed by atoms with Crippen molar-refractivity contribution in [2.75, 3.05) is 0 Å². The lowest BCUT2D eigenvalue weighted by atomic mass is 9.67. The minimum absolute atomic E-state index is 0.456. The SMILES string of the molecule is O=C1N[C@H](c2ccc(Cl)cc2)C2(C(=O)OC3(CCCC3)OC2=O)[C@H](c2ccc(Cl)cc2)N1. The molecule has 2 aromatic carbocycles. The van der Waals surface area contributed by atoms with Crippen LogP contribution in [-0.2, 0) is 19.1 Å². The van der Waals surface area contributed by atoms with Gasteiger partial charge in [0.25, 0.3) is 5.79 Å². The number of urea groups is 1. The van der Waals surface area contributed by atoms with E-state index in [9.17, 15) is 14.4 Å². The van der Waals surface area contributed by atoms with Crippen LogP contribution < -0.4 is 10.6 Å². The first kappa shape index (κ1) is 21.1. The van der Waals surface area contributed by atoms with Crippen LogP contribution in [0.1, 0.15) is 48.9 Å². The van der Waals surface area contributed by atoms with Crippen molar-refractivity contribution in [3.8, 4) is 0 Å². The van der Waals surface area contributed by atoms with E-state index >= 15 is 0 Å². The van der Waals surface area contributed by atoms with Crippen LogP contribution in [0.25, 0.3) is 0 Å². The Morgan fingerprint density at radius 3 is 1.53 bits per heavy atom. The van der Waals surface area contributed by atoms with Crippen molar-refractivity contribution in [2.45, 2.75) is 43.6 Å². The van der Waals surface area contributed by atoms with Crippen LogP contribution in [0.3, 0.4) is 0 Å². The number of carbonyl (C=O) groups is 3. The molecule has 0 radical (unpaired) electrons. The lowest BCUT2D eigenvalue weighted by Crippen LogP contribution is -2.69. The van der Waals surface area contributed by atoms with Gasteiger partial charge in [0.15, 0.2) is 0 Å². The minimum Gasteiger partial charge on any atom is -0.421 e. The molecule has 0 unspecified atom stereocenters. The average molecular weight is 475 g/mol. The number of benzene rings is 2. The van der Waals surface area contributed by atoms with Crippen molar-refractivity contribution in [3.63, 3.8) is 0 Å². The molecule has 3 fully saturated rings. The Labute approximate surface area is 194 Å². The molecule has 2 aromatic rings. The number of rotatable bonds is 2. The monoisotopic (exact) mass is 474 g/mol. The molecule has 7 nitrogen and oxygen atoms in total. The third-order valence-corrected chi connectivity index (χ3v) is 6.97. The summed E-state index contributed by atoms with van der Waals surface area (Å²) in [5, 5.41) is 6.45. The van der Waals surface area contributed by atoms with Gasteiger partial charge in [0, 0.05) is 22.9 Å². The molecular formula is C23H20Cl2N2O5. The zero-order chi connectivity index (χ0) is 22.5. The fourth-order valence-corrected chi connectivity index (χ4v) is 5.15. The number of carbonyl (C=O) groups excluding carboxylic acids is 3. The molecule has 1 saturated carbocycles. The van der Waals surface area contributed by atoms with Gasteiger partial charge in [0.05, 0.1) is 12.1 Å². The number of hydrogen-bond donors (Lipinski definition) is 2. The highest BCUT2D eigenvalue weighted by molar-refractivity contribution is 6.30. The maximum Gasteiger partial charge on any atom is 0.331 e. The first-order valence-electron chi connectivity index (χ1n) is 10.4. The summed E-state index contributed by atoms with van der Waals surface area (Å²) in [6, 6.07) is 10.6. The minimum atomic E-state index is -1.89. The van der Waals surface area contributed by atoms with Crippen molar-refractivity contribution in [1.82, 2.24) is 10.6 Å². The van der Waals surface area contributed by atoms with Gasteiger partial charge in [-0.15, -0.1) is 0 Å². The van der Waals surface area contributed by atoms with E-state index in [1.54, 1.807) is 48.5 Å². The summed E-state index contributed by atoms with van der Waals surface area (Å²) >= 11 is 12.1. The molecule has 2 amide bonds. The Morgan fingerprint density at radius 1 is 0.719 bits per heavy atom. The lowest BCUT2D eigenvalue weighted by Gasteiger charge is -2.50. The van der Waals surface area contributed by atoms with Crippen LogP contribution in [0.15, 0.2) is 48.5 Å². The molecule has 3 aliphatic rings. The van der Waals surface area contributed by atoms with Crippen LogP contribution >= 0.6 is 23.2 Å². The average Bonchev–Trinajstić information content (AvgIpc) is 3.20. The van der Waals surface area contributed by atoms with Crippen LogP contribution in [0.2, 0.25) is 10.0 Å². The van der Waals surface area contributed by atoms with E-state index < -0.39 is 41.3 Å². The molecule has 2 aliphatic heterocycles. The van der Waals surface area contributed by atoms with Gasteiger partial charge in [-0.3, -0.25) is 9.59 Å². The summed E-state index contributed by atoms with van der Waals surface area (Å²) in [5.41, 5.74) is -0.831. The Morgan fingerprint density at radius 2 is 1.12 bits per heavy atom. The number of amides is 2. The van der Waals surface area contributed by atoms with E-state index in [1.807, 2.05) is 0 Å². The molecule has 1 aliphatic carbocycles. The third-order valence-electron chi connectivity index (χ3n) is 6.47. The summed E-state index contributed by atoms with van der Waals surface area (Å²) in [6.07, 6.45) is 2.50. The smallest absolute Gasteiger partial charge is 0.331 e. The molecule has 2 atom stereocenters. The summed E-state index contributed by atoms with van der Waals surface area (Å²) < 4.78 is 11.7. The van der Waals surface area contributed by atoms with Crippen LogP contribution in [0.4, 0.5) is 4.79 Å². The highest BCUT2D eigenvalue weighted by Crippen LogP contribution is 2.54. The van der Waals surface area contributed by atoms with E-state index in [-0.39, 0.29) is 0 Å². The number of nitrogens with one attached hydrogen (secondary N) is 2. The standard InChI is InChI=1S/C23H20Cl2N2O5/c24-15-7-3-13(4-8-15)17-23(19(28)31-22(32-20(23)29)11-1-2-12-22)18(27-21(30)26-17)14-5-9-16(25)10-6-14/h3-10,17-18H,1-2,11-12H2,(H2,26,27,30)/t17-,18+. The van der Waals surface area contributed by atoms with Gasteiger partial charge in [-0.05, 0) is 48.2 Å². The molecular weight excluding hydrogens is 455 g/mol. The predicted molar refractivity (Wildman–Crippen MR) is 116 cm³/mol. The molecule has 32 heavy (non-hydrogen) atoms. The number of hydrogen-bond acceptors (Lipinski definition) is 5. The van der Waals surface area contributed by atoms with E-state index in [4.69, 9.17) is 32.7 Å². The lowest BCUT2D eigenvalue weighted by molar-refractivity contribution is -0.266. The van der Waals surface area contributed by atoms with Crippen molar-refractivity contribution in [1.29, 1.82) is 0 Å². The topological polar surface area (TPSA) is 93.7 Å². The number of ether oxygens (including phenoxy) is 2. The van der Waals surface area contributed by atoms with Gasteiger partial charge in [-0.2, -0.15) is 0 Å². The molecule has 0 aromatic heterocycles. The van der Waals surface area contributed by atoms with E-state index in [1.165, 1.54) is 0 Å². The molecule has 166 valence electrons. The second-order valence-corrected chi connectivity index (χ2v) is 9.23. The number of halogens is 2. The van der Waals surface area contributed by atoms with Crippen LogP contribution in [-0.4, -0.2) is 23.8 Å². The van der Waals surface area contributed by atoms with Crippen molar-refractivity contribution in [2.24, 2.45) is 5.41 Å². The summed E-state index contributed by atoms with van der Waals surface area (Å²) in [4.78, 5) is 40.2. The zero-order valence-electron chi connectivity index (χ0n) is 16.9. The Kier molecular flexibility index (Phi) is 5.06. The largest absolute Gasteiger partial charge is 0.421 e. The zero-order valence-corrected chi connectivity index (χ0v) is 18.4. The first-order chi connectivity index (χ1) is 15.3. The predicted octanol–water partition coefficient (Wildman–Crippen LogP) is 4.45. The fourth-order valence-electron chi connectivity index (χ4n) is 4.90. The van der Waals surface area contributed by atoms with Gasteiger partial charge in [-0.1, -0.05) is 47.5 Å². The fraction of sp³-hybridized carbons (Fsp3) is 0.348. The van der Waals surface area contributed by atoms with E-state index in [0.717, 1.165) is 12.8 Å². The number of esters is 2. The molecule has 2 N–H and O–H groups in total. The maximum atomic E-state index is 13.8. The van der Waals surface area contributed by atoms with E-state index in [2.05, 4.69) is 10.6 Å². The maximum absolute atomic E-state index is 13.8. The molecule has 2 spiro atoms. The van der Waals surface area contributed by atoms with Gasteiger partial charge < -0.3 is 20.1 Å². The highest BCUT2D eigenvalue weighted by atomic mass is 35.5.